The van der Waals surface area contributed by atoms with Crippen molar-refractivity contribution in [2.24, 2.45) is 5.73 Å². The first-order valence-electron chi connectivity index (χ1n) is 7.50. The number of nitrogens with two attached hydrogens (primary N) is 1. The van der Waals surface area contributed by atoms with E-state index in [1.54, 1.807) is 0 Å². The van der Waals surface area contributed by atoms with Gasteiger partial charge < -0.3 is 11.1 Å². The molecule has 1 aromatic rings. The van der Waals surface area contributed by atoms with E-state index in [-0.39, 0.29) is 5.91 Å². The first kappa shape index (κ1) is 13.6. The van der Waals surface area contributed by atoms with Crippen molar-refractivity contribution in [1.29, 1.82) is 0 Å². The maximum Gasteiger partial charge on any atom is 0.242 e. The monoisotopic (exact) mass is 273 g/mol. The Morgan fingerprint density at radius 1 is 1.35 bits per heavy atom. The summed E-state index contributed by atoms with van der Waals surface area (Å²) in [5.74, 6) is -0.191. The third-order valence-corrected chi connectivity index (χ3v) is 4.75. The number of amides is 1. The average Bonchev–Trinajstić information content (AvgIpc) is 2.61. The predicted molar refractivity (Wildman–Crippen MR) is 79.4 cm³/mol. The fourth-order valence-corrected chi connectivity index (χ4v) is 3.71. The molecule has 1 saturated heterocycles. The molecule has 1 heterocycles. The van der Waals surface area contributed by atoms with Crippen LogP contribution in [0.4, 0.5) is 0 Å². The average molecular weight is 273 g/mol. The quantitative estimate of drug-likeness (QED) is 0.842. The summed E-state index contributed by atoms with van der Waals surface area (Å²) < 4.78 is 0. The number of aryl methyl sites for hydroxylation is 2. The molecule has 0 aromatic heterocycles. The minimum absolute atomic E-state index is 0.191. The van der Waals surface area contributed by atoms with Crippen LogP contribution in [0.5, 0.6) is 0 Å². The Balaban J connectivity index is 2.06. The van der Waals surface area contributed by atoms with Gasteiger partial charge in [0.2, 0.25) is 5.91 Å². The SMILES string of the molecule is Cc1ccc2c(c1)C(C(N)=O)(N1CCCNCC1)CC2. The van der Waals surface area contributed by atoms with Crippen molar-refractivity contribution >= 4 is 5.91 Å². The highest BCUT2D eigenvalue weighted by Gasteiger charge is 2.48. The topological polar surface area (TPSA) is 58.4 Å². The Hall–Kier alpha value is -1.39. The van der Waals surface area contributed by atoms with Crippen LogP contribution in [0, 0.1) is 6.92 Å². The van der Waals surface area contributed by atoms with E-state index in [2.05, 4.69) is 35.3 Å². The molecule has 2 aliphatic rings. The van der Waals surface area contributed by atoms with E-state index >= 15 is 0 Å². The largest absolute Gasteiger partial charge is 0.368 e. The number of carbonyl (C=O) groups is 1. The van der Waals surface area contributed by atoms with Gasteiger partial charge in [-0.1, -0.05) is 23.8 Å². The zero-order valence-corrected chi connectivity index (χ0v) is 12.1. The van der Waals surface area contributed by atoms with Gasteiger partial charge in [0, 0.05) is 19.6 Å². The van der Waals surface area contributed by atoms with Crippen LogP contribution in [0.25, 0.3) is 0 Å². The van der Waals surface area contributed by atoms with Crippen LogP contribution < -0.4 is 11.1 Å². The summed E-state index contributed by atoms with van der Waals surface area (Å²) in [5.41, 5.74) is 8.92. The van der Waals surface area contributed by atoms with Crippen molar-refractivity contribution in [2.75, 3.05) is 26.2 Å². The third-order valence-electron chi connectivity index (χ3n) is 4.75. The lowest BCUT2D eigenvalue weighted by Gasteiger charge is -2.39. The molecule has 1 aliphatic carbocycles. The smallest absolute Gasteiger partial charge is 0.242 e. The molecule has 0 bridgehead atoms. The van der Waals surface area contributed by atoms with Crippen LogP contribution in [0.15, 0.2) is 18.2 Å². The normalized spacial score (nSPS) is 27.1. The van der Waals surface area contributed by atoms with Crippen molar-refractivity contribution in [3.05, 3.63) is 34.9 Å². The number of primary amides is 1. The van der Waals surface area contributed by atoms with Crippen molar-refractivity contribution in [2.45, 2.75) is 31.7 Å². The molecule has 0 saturated carbocycles. The van der Waals surface area contributed by atoms with Crippen molar-refractivity contribution in [3.8, 4) is 0 Å². The standard InChI is InChI=1S/C16H23N3O/c1-12-3-4-13-5-6-16(15(17)20,14(13)11-12)19-9-2-7-18-8-10-19/h3-4,11,18H,2,5-10H2,1H3,(H2,17,20). The van der Waals surface area contributed by atoms with E-state index in [0.717, 1.165) is 51.0 Å². The number of fused-ring (bicyclic) bond motifs is 1. The van der Waals surface area contributed by atoms with Crippen LogP contribution in [0.3, 0.4) is 0 Å². The summed E-state index contributed by atoms with van der Waals surface area (Å²) in [6.07, 6.45) is 2.83. The molecule has 4 nitrogen and oxygen atoms in total. The lowest BCUT2D eigenvalue weighted by molar-refractivity contribution is -0.131. The zero-order valence-electron chi connectivity index (χ0n) is 12.1. The molecule has 1 amide bonds. The summed E-state index contributed by atoms with van der Waals surface area (Å²) in [6, 6.07) is 6.44. The maximum atomic E-state index is 12.4. The molecule has 4 heteroatoms. The molecule has 3 rings (SSSR count). The number of nitrogens with zero attached hydrogens (tertiary/aromatic N) is 1. The maximum absolute atomic E-state index is 12.4. The summed E-state index contributed by atoms with van der Waals surface area (Å²) in [5, 5.41) is 3.40. The molecule has 0 spiro atoms. The molecule has 0 radical (unpaired) electrons. The van der Waals surface area contributed by atoms with Crippen LogP contribution in [0.1, 0.15) is 29.5 Å². The second-order valence-electron chi connectivity index (χ2n) is 5.98. The number of hydrogen-bond donors (Lipinski definition) is 2. The number of rotatable bonds is 2. The molecule has 1 unspecified atom stereocenters. The van der Waals surface area contributed by atoms with E-state index in [1.165, 1.54) is 11.1 Å². The fraction of sp³-hybridized carbons (Fsp3) is 0.562. The lowest BCUT2D eigenvalue weighted by atomic mass is 9.87. The highest BCUT2D eigenvalue weighted by molar-refractivity contribution is 5.87. The Bertz CT molecular complexity index is 520. The van der Waals surface area contributed by atoms with E-state index in [4.69, 9.17) is 5.73 Å². The molecular weight excluding hydrogens is 250 g/mol. The van der Waals surface area contributed by atoms with Gasteiger partial charge in [0.15, 0.2) is 0 Å². The van der Waals surface area contributed by atoms with Gasteiger partial charge in [-0.05, 0) is 43.9 Å². The Labute approximate surface area is 120 Å². The number of benzene rings is 1. The van der Waals surface area contributed by atoms with Gasteiger partial charge in [-0.25, -0.2) is 0 Å². The van der Waals surface area contributed by atoms with E-state index in [1.807, 2.05) is 0 Å². The minimum atomic E-state index is -0.590. The molecule has 3 N–H and O–H groups in total. The van der Waals surface area contributed by atoms with Crippen LogP contribution in [-0.4, -0.2) is 37.0 Å². The Kier molecular flexibility index (Phi) is 3.52. The second-order valence-corrected chi connectivity index (χ2v) is 5.98. The van der Waals surface area contributed by atoms with Gasteiger partial charge in [0.1, 0.15) is 5.54 Å². The summed E-state index contributed by atoms with van der Waals surface area (Å²) in [7, 11) is 0. The van der Waals surface area contributed by atoms with Crippen molar-refractivity contribution < 1.29 is 4.79 Å². The van der Waals surface area contributed by atoms with Crippen molar-refractivity contribution in [1.82, 2.24) is 10.2 Å². The first-order valence-corrected chi connectivity index (χ1v) is 7.50. The summed E-state index contributed by atoms with van der Waals surface area (Å²) in [6.45, 7) is 5.84. The predicted octanol–water partition coefficient (Wildman–Crippen LogP) is 0.917. The number of hydrogen-bond acceptors (Lipinski definition) is 3. The molecule has 1 aliphatic heterocycles. The highest BCUT2D eigenvalue weighted by Crippen LogP contribution is 2.42. The van der Waals surface area contributed by atoms with Gasteiger partial charge in [-0.3, -0.25) is 9.69 Å². The lowest BCUT2D eigenvalue weighted by Crippen LogP contribution is -2.54. The summed E-state index contributed by atoms with van der Waals surface area (Å²) in [4.78, 5) is 14.7. The minimum Gasteiger partial charge on any atom is -0.368 e. The third kappa shape index (κ3) is 2.03. The highest BCUT2D eigenvalue weighted by atomic mass is 16.1. The molecule has 1 fully saturated rings. The van der Waals surface area contributed by atoms with Gasteiger partial charge in [-0.15, -0.1) is 0 Å². The van der Waals surface area contributed by atoms with E-state index in [0.29, 0.717) is 0 Å². The Morgan fingerprint density at radius 3 is 3.00 bits per heavy atom. The van der Waals surface area contributed by atoms with Gasteiger partial charge in [-0.2, -0.15) is 0 Å². The van der Waals surface area contributed by atoms with E-state index < -0.39 is 5.54 Å². The fourth-order valence-electron chi connectivity index (χ4n) is 3.71. The van der Waals surface area contributed by atoms with Gasteiger partial charge in [0.05, 0.1) is 0 Å². The molecule has 20 heavy (non-hydrogen) atoms. The van der Waals surface area contributed by atoms with Crippen molar-refractivity contribution in [3.63, 3.8) is 0 Å². The van der Waals surface area contributed by atoms with Gasteiger partial charge in [0.25, 0.3) is 0 Å². The molecule has 1 atom stereocenters. The van der Waals surface area contributed by atoms with Crippen LogP contribution in [0.2, 0.25) is 0 Å². The van der Waals surface area contributed by atoms with Crippen LogP contribution >= 0.6 is 0 Å². The first-order chi connectivity index (χ1) is 9.64. The molecule has 108 valence electrons. The summed E-state index contributed by atoms with van der Waals surface area (Å²) >= 11 is 0. The number of nitrogens with one attached hydrogen (secondary N) is 1. The molecule has 1 aromatic carbocycles. The number of carbonyl (C=O) groups excluding carboxylic acids is 1. The van der Waals surface area contributed by atoms with Crippen LogP contribution in [-0.2, 0) is 16.8 Å². The zero-order chi connectivity index (χ0) is 14.2. The molecular formula is C16H23N3O. The van der Waals surface area contributed by atoms with Gasteiger partial charge >= 0.3 is 0 Å². The second kappa shape index (κ2) is 5.19. The Morgan fingerprint density at radius 2 is 2.20 bits per heavy atom. The van der Waals surface area contributed by atoms with E-state index in [9.17, 15) is 4.79 Å².